The van der Waals surface area contributed by atoms with Crippen LogP contribution in [0.5, 0.6) is 0 Å². The highest BCUT2D eigenvalue weighted by molar-refractivity contribution is 5.13. The maximum Gasteiger partial charge on any atom is 0.0183 e. The van der Waals surface area contributed by atoms with Gasteiger partial charge in [-0.15, -0.1) is 0 Å². The van der Waals surface area contributed by atoms with Crippen LogP contribution in [-0.2, 0) is 0 Å². The van der Waals surface area contributed by atoms with E-state index in [1.807, 2.05) is 0 Å². The van der Waals surface area contributed by atoms with Gasteiger partial charge in [-0.25, -0.2) is 0 Å². The molecule has 0 bridgehead atoms. The fourth-order valence-electron chi connectivity index (χ4n) is 7.66. The summed E-state index contributed by atoms with van der Waals surface area (Å²) in [5.41, 5.74) is 13.8. The fraction of sp³-hybridized carbons (Fsp3) is 1.00. The summed E-state index contributed by atoms with van der Waals surface area (Å²) in [6.45, 7) is 9.64. The van der Waals surface area contributed by atoms with Crippen molar-refractivity contribution in [2.75, 3.05) is 0 Å². The molecule has 0 aromatic heterocycles. The molecule has 126 valence electrons. The molecule has 0 radical (unpaired) electrons. The second kappa shape index (κ2) is 4.72. The van der Waals surface area contributed by atoms with Crippen molar-refractivity contribution in [3.63, 3.8) is 0 Å². The lowest BCUT2D eigenvalue weighted by Gasteiger charge is -2.66. The minimum absolute atomic E-state index is 0.0414. The van der Waals surface area contributed by atoms with E-state index in [1.54, 1.807) is 0 Å². The van der Waals surface area contributed by atoms with Gasteiger partial charge in [0.05, 0.1) is 0 Å². The second-order valence-corrected chi connectivity index (χ2v) is 10.1. The van der Waals surface area contributed by atoms with E-state index in [0.29, 0.717) is 5.92 Å². The summed E-state index contributed by atoms with van der Waals surface area (Å²) in [4.78, 5) is 0. The first-order valence-corrected chi connectivity index (χ1v) is 9.81. The predicted octanol–water partition coefficient (Wildman–Crippen LogP) is 3.79. The number of rotatable bonds is 0. The summed E-state index contributed by atoms with van der Waals surface area (Å²) in [6.07, 6.45) is 8.07. The zero-order valence-electron chi connectivity index (χ0n) is 15.0. The maximum absolute atomic E-state index is 6.90. The van der Waals surface area contributed by atoms with Crippen LogP contribution < -0.4 is 11.5 Å². The monoisotopic (exact) mass is 304 g/mol. The van der Waals surface area contributed by atoms with Crippen molar-refractivity contribution in [3.8, 4) is 0 Å². The van der Waals surface area contributed by atoms with Crippen molar-refractivity contribution in [2.45, 2.75) is 77.3 Å². The van der Waals surface area contributed by atoms with E-state index < -0.39 is 0 Å². The van der Waals surface area contributed by atoms with Gasteiger partial charge < -0.3 is 11.5 Å². The molecule has 0 saturated heterocycles. The standard InChI is InChI=1S/C20H36N2/c1-11-9-13-10-12(2)20(4,22)16-6-5-15-18(17(13)16)14(11)7-8-19(15,3)21/h11-18H,5-10,21-22H2,1-4H3/t11-,12+,13-,14+,15-,16-,17+,18+,19-,20+/m0/s1. The zero-order chi connectivity index (χ0) is 15.9. The number of hydrogen-bond donors (Lipinski definition) is 2. The third-order valence-corrected chi connectivity index (χ3v) is 8.99. The number of nitrogens with two attached hydrogens (primary N) is 2. The van der Waals surface area contributed by atoms with E-state index in [2.05, 4.69) is 27.7 Å². The van der Waals surface area contributed by atoms with E-state index in [0.717, 1.165) is 41.4 Å². The predicted molar refractivity (Wildman–Crippen MR) is 92.2 cm³/mol. The molecule has 10 atom stereocenters. The molecule has 0 aromatic carbocycles. The average molecular weight is 305 g/mol. The molecule has 0 spiro atoms. The summed E-state index contributed by atoms with van der Waals surface area (Å²) in [5.74, 6) is 6.65. The third-order valence-electron chi connectivity index (χ3n) is 8.99. The summed E-state index contributed by atoms with van der Waals surface area (Å²) in [6, 6.07) is 0. The average Bonchev–Trinajstić information content (AvgIpc) is 2.43. The van der Waals surface area contributed by atoms with Gasteiger partial charge in [-0.05, 0) is 99.7 Å². The van der Waals surface area contributed by atoms with Gasteiger partial charge in [0.25, 0.3) is 0 Å². The first-order chi connectivity index (χ1) is 10.2. The Morgan fingerprint density at radius 1 is 0.864 bits per heavy atom. The van der Waals surface area contributed by atoms with E-state index >= 15 is 0 Å². The molecular weight excluding hydrogens is 268 g/mol. The summed E-state index contributed by atoms with van der Waals surface area (Å²) in [5, 5.41) is 0. The van der Waals surface area contributed by atoms with Crippen molar-refractivity contribution >= 4 is 0 Å². The van der Waals surface area contributed by atoms with Gasteiger partial charge in [-0.3, -0.25) is 0 Å². The Balaban J connectivity index is 1.76. The van der Waals surface area contributed by atoms with E-state index in [1.165, 1.54) is 38.5 Å². The topological polar surface area (TPSA) is 52.0 Å². The molecule has 0 amide bonds. The van der Waals surface area contributed by atoms with Crippen LogP contribution in [0.15, 0.2) is 0 Å². The first-order valence-electron chi connectivity index (χ1n) is 9.81. The summed E-state index contributed by atoms with van der Waals surface area (Å²) >= 11 is 0. The molecule has 4 saturated carbocycles. The molecule has 0 heterocycles. The Hall–Kier alpha value is -0.0800. The molecule has 2 heteroatoms. The van der Waals surface area contributed by atoms with Gasteiger partial charge in [0.15, 0.2) is 0 Å². The quantitative estimate of drug-likeness (QED) is 0.715. The molecule has 4 N–H and O–H groups in total. The van der Waals surface area contributed by atoms with Crippen molar-refractivity contribution in [2.24, 2.45) is 58.8 Å². The van der Waals surface area contributed by atoms with Crippen LogP contribution in [0.3, 0.4) is 0 Å². The number of hydrogen-bond acceptors (Lipinski definition) is 2. The Morgan fingerprint density at radius 2 is 1.55 bits per heavy atom. The van der Waals surface area contributed by atoms with Crippen LogP contribution in [0.1, 0.15) is 66.2 Å². The van der Waals surface area contributed by atoms with Crippen LogP contribution in [0.2, 0.25) is 0 Å². The lowest BCUT2D eigenvalue weighted by atomic mass is 9.40. The lowest BCUT2D eigenvalue weighted by Crippen LogP contribution is -2.67. The van der Waals surface area contributed by atoms with Crippen LogP contribution in [0.4, 0.5) is 0 Å². The molecule has 0 aromatic rings. The SMILES string of the molecule is C[C@@H]1C[C@@H]2C[C@H](C)[C@H]3CC[C@](C)(N)[C@H]4CC[C@@H]([C@@H]2[C@H]34)[C@]1(C)N. The minimum atomic E-state index is 0.0414. The fourth-order valence-corrected chi connectivity index (χ4v) is 7.66. The maximum atomic E-state index is 6.90. The molecule has 0 unspecified atom stereocenters. The van der Waals surface area contributed by atoms with E-state index in [-0.39, 0.29) is 11.1 Å². The highest BCUT2D eigenvalue weighted by Gasteiger charge is 2.61. The molecule has 22 heavy (non-hydrogen) atoms. The summed E-state index contributed by atoms with van der Waals surface area (Å²) in [7, 11) is 0. The van der Waals surface area contributed by atoms with Crippen LogP contribution >= 0.6 is 0 Å². The van der Waals surface area contributed by atoms with E-state index in [9.17, 15) is 0 Å². The van der Waals surface area contributed by atoms with Gasteiger partial charge in [-0.1, -0.05) is 13.8 Å². The minimum Gasteiger partial charge on any atom is -0.325 e. The lowest BCUT2D eigenvalue weighted by molar-refractivity contribution is -0.149. The summed E-state index contributed by atoms with van der Waals surface area (Å²) < 4.78 is 0. The Labute approximate surface area is 136 Å². The van der Waals surface area contributed by atoms with Crippen molar-refractivity contribution in [3.05, 3.63) is 0 Å². The smallest absolute Gasteiger partial charge is 0.0183 e. The van der Waals surface area contributed by atoms with Crippen molar-refractivity contribution < 1.29 is 0 Å². The van der Waals surface area contributed by atoms with Gasteiger partial charge in [0.1, 0.15) is 0 Å². The van der Waals surface area contributed by atoms with Gasteiger partial charge >= 0.3 is 0 Å². The molecular formula is C20H36N2. The highest BCUT2D eigenvalue weighted by atomic mass is 14.8. The Morgan fingerprint density at radius 3 is 2.27 bits per heavy atom. The van der Waals surface area contributed by atoms with E-state index in [4.69, 9.17) is 11.5 Å². The van der Waals surface area contributed by atoms with Crippen molar-refractivity contribution in [1.82, 2.24) is 0 Å². The van der Waals surface area contributed by atoms with Gasteiger partial charge in [0.2, 0.25) is 0 Å². The normalized spacial score (nSPS) is 64.1. The van der Waals surface area contributed by atoms with Crippen LogP contribution in [-0.4, -0.2) is 11.1 Å². The molecule has 4 rings (SSSR count). The molecule has 4 aliphatic carbocycles. The van der Waals surface area contributed by atoms with Crippen LogP contribution in [0.25, 0.3) is 0 Å². The molecule has 4 fully saturated rings. The molecule has 0 aliphatic heterocycles. The zero-order valence-corrected chi connectivity index (χ0v) is 15.0. The largest absolute Gasteiger partial charge is 0.325 e. The first kappa shape index (κ1) is 15.4. The second-order valence-electron chi connectivity index (χ2n) is 10.1. The molecule has 4 aliphatic rings. The van der Waals surface area contributed by atoms with Crippen molar-refractivity contribution in [1.29, 1.82) is 0 Å². The van der Waals surface area contributed by atoms with Gasteiger partial charge in [0, 0.05) is 11.1 Å². The highest BCUT2D eigenvalue weighted by Crippen LogP contribution is 2.64. The Bertz CT molecular complexity index is 455. The Kier molecular flexibility index (Phi) is 3.32. The molecule has 2 nitrogen and oxygen atoms in total. The van der Waals surface area contributed by atoms with Gasteiger partial charge in [-0.2, -0.15) is 0 Å². The third kappa shape index (κ3) is 1.92. The van der Waals surface area contributed by atoms with Crippen LogP contribution in [0, 0.1) is 47.3 Å².